The fourth-order valence-electron chi connectivity index (χ4n) is 2.98. The average Bonchev–Trinajstić information content (AvgIpc) is 2.68. The summed E-state index contributed by atoms with van der Waals surface area (Å²) in [6.45, 7) is 18.4. The maximum Gasteiger partial charge on any atom is 0.192 e. The topological polar surface area (TPSA) is 36.9 Å². The summed E-state index contributed by atoms with van der Waals surface area (Å²) in [5, 5.41) is 0.254. The summed E-state index contributed by atoms with van der Waals surface area (Å²) in [5.74, 6) is 0. The molecule has 5 heteroatoms. The first-order valence-electron chi connectivity index (χ1n) is 12.7. The molecule has 0 saturated heterocycles. The van der Waals surface area contributed by atoms with Crippen LogP contribution in [0.4, 0.5) is 0 Å². The van der Waals surface area contributed by atoms with Crippen LogP contribution in [0, 0.1) is 0 Å². The summed E-state index contributed by atoms with van der Waals surface area (Å²) < 4.78 is 22.9. The molecule has 0 aliphatic rings. The largest absolute Gasteiger partial charge is 0.414 e. The second-order valence-electron chi connectivity index (χ2n) is 9.98. The van der Waals surface area contributed by atoms with Crippen LogP contribution in [0.15, 0.2) is 0 Å². The maximum atomic E-state index is 6.08. The molecule has 0 aromatic carbocycles. The Labute approximate surface area is 189 Å². The highest BCUT2D eigenvalue weighted by Gasteiger charge is 2.36. The number of ether oxygens (including phenoxy) is 3. The van der Waals surface area contributed by atoms with E-state index in [1.54, 1.807) is 0 Å². The number of hydrogen-bond acceptors (Lipinski definition) is 4. The quantitative estimate of drug-likeness (QED) is 0.128. The lowest BCUT2D eigenvalue weighted by atomic mass is 10.1. The van der Waals surface area contributed by atoms with Gasteiger partial charge in [-0.05, 0) is 24.6 Å². The molecule has 0 N–H and O–H groups in total. The lowest BCUT2D eigenvalue weighted by Crippen LogP contribution is -2.41. The van der Waals surface area contributed by atoms with Gasteiger partial charge >= 0.3 is 0 Å². The van der Waals surface area contributed by atoms with Crippen LogP contribution >= 0.6 is 0 Å². The Bertz CT molecular complexity index is 356. The lowest BCUT2D eigenvalue weighted by molar-refractivity contribution is 0.00800. The van der Waals surface area contributed by atoms with E-state index >= 15 is 0 Å². The van der Waals surface area contributed by atoms with Gasteiger partial charge in [0, 0.05) is 6.61 Å². The van der Waals surface area contributed by atoms with E-state index < -0.39 is 8.32 Å². The van der Waals surface area contributed by atoms with Crippen molar-refractivity contribution < 1.29 is 18.6 Å². The van der Waals surface area contributed by atoms with Crippen LogP contribution in [0.1, 0.15) is 98.3 Å². The zero-order valence-corrected chi connectivity index (χ0v) is 22.4. The molecule has 0 aliphatic heterocycles. The minimum Gasteiger partial charge on any atom is -0.414 e. The van der Waals surface area contributed by atoms with Crippen LogP contribution in [0.25, 0.3) is 0 Å². The molecule has 0 aromatic rings. The number of hydrogen-bond donors (Lipinski definition) is 0. The van der Waals surface area contributed by atoms with Crippen molar-refractivity contribution in [2.45, 2.75) is 116 Å². The molecule has 0 fully saturated rings. The van der Waals surface area contributed by atoms with E-state index in [1.165, 1.54) is 70.6 Å². The zero-order chi connectivity index (χ0) is 22.6. The van der Waals surface area contributed by atoms with E-state index in [0.717, 1.165) is 6.61 Å². The molecular formula is C25H54O4Si. The Morgan fingerprint density at radius 2 is 0.867 bits per heavy atom. The fraction of sp³-hybridized carbons (Fsp3) is 1.00. The van der Waals surface area contributed by atoms with E-state index in [4.69, 9.17) is 18.6 Å². The molecule has 0 aliphatic carbocycles. The SMILES string of the molecule is CCCCCCCCCCCCCOCCOCCOCCO[Si](C)(C)C(C)(C)C. The molecule has 0 heterocycles. The van der Waals surface area contributed by atoms with E-state index in [-0.39, 0.29) is 5.04 Å². The minimum absolute atomic E-state index is 0.254. The summed E-state index contributed by atoms with van der Waals surface area (Å²) in [6.07, 6.45) is 15.1. The normalized spacial score (nSPS) is 12.6. The maximum absolute atomic E-state index is 6.08. The molecule has 182 valence electrons. The number of unbranched alkanes of at least 4 members (excludes halogenated alkanes) is 10. The fourth-order valence-corrected chi connectivity index (χ4v) is 4.01. The van der Waals surface area contributed by atoms with Gasteiger partial charge in [-0.1, -0.05) is 91.9 Å². The zero-order valence-electron chi connectivity index (χ0n) is 21.4. The van der Waals surface area contributed by atoms with Crippen molar-refractivity contribution in [3.8, 4) is 0 Å². The van der Waals surface area contributed by atoms with Crippen molar-refractivity contribution in [2.75, 3.05) is 46.2 Å². The standard InChI is InChI=1S/C25H54O4Si/c1-7-8-9-10-11-12-13-14-15-16-17-18-26-19-20-27-21-22-28-23-24-29-30(5,6)25(2,3)4/h7-24H2,1-6H3. The van der Waals surface area contributed by atoms with Crippen LogP contribution in [0.2, 0.25) is 18.1 Å². The van der Waals surface area contributed by atoms with Crippen LogP contribution in [-0.4, -0.2) is 54.6 Å². The monoisotopic (exact) mass is 446 g/mol. The first kappa shape index (κ1) is 30.1. The van der Waals surface area contributed by atoms with Crippen LogP contribution in [-0.2, 0) is 18.6 Å². The third-order valence-electron chi connectivity index (χ3n) is 6.13. The van der Waals surface area contributed by atoms with Gasteiger partial charge in [0.2, 0.25) is 0 Å². The van der Waals surface area contributed by atoms with Gasteiger partial charge < -0.3 is 18.6 Å². The van der Waals surface area contributed by atoms with Crippen LogP contribution < -0.4 is 0 Å². The van der Waals surface area contributed by atoms with E-state index in [1.807, 2.05) is 0 Å². The average molecular weight is 447 g/mol. The lowest BCUT2D eigenvalue weighted by Gasteiger charge is -2.36. The van der Waals surface area contributed by atoms with Crippen molar-refractivity contribution >= 4 is 8.32 Å². The van der Waals surface area contributed by atoms with Crippen molar-refractivity contribution in [1.29, 1.82) is 0 Å². The summed E-state index contributed by atoms with van der Waals surface area (Å²) in [7, 11) is -1.65. The highest BCUT2D eigenvalue weighted by atomic mass is 28.4. The smallest absolute Gasteiger partial charge is 0.192 e. The molecule has 0 aromatic heterocycles. The van der Waals surface area contributed by atoms with Gasteiger partial charge in [0.1, 0.15) is 0 Å². The first-order valence-corrected chi connectivity index (χ1v) is 15.6. The van der Waals surface area contributed by atoms with Gasteiger partial charge in [0.15, 0.2) is 8.32 Å². The summed E-state index contributed by atoms with van der Waals surface area (Å²) in [4.78, 5) is 0. The van der Waals surface area contributed by atoms with Gasteiger partial charge in [-0.2, -0.15) is 0 Å². The van der Waals surface area contributed by atoms with Gasteiger partial charge in [-0.15, -0.1) is 0 Å². The predicted molar refractivity (Wildman–Crippen MR) is 132 cm³/mol. The molecule has 4 nitrogen and oxygen atoms in total. The first-order chi connectivity index (χ1) is 14.3. The van der Waals surface area contributed by atoms with Crippen LogP contribution in [0.3, 0.4) is 0 Å². The van der Waals surface area contributed by atoms with E-state index in [0.29, 0.717) is 39.6 Å². The third-order valence-corrected chi connectivity index (χ3v) is 10.7. The minimum atomic E-state index is -1.65. The molecular weight excluding hydrogens is 392 g/mol. The molecule has 0 spiro atoms. The molecule has 30 heavy (non-hydrogen) atoms. The van der Waals surface area contributed by atoms with Crippen LogP contribution in [0.5, 0.6) is 0 Å². The second kappa shape index (κ2) is 19.7. The van der Waals surface area contributed by atoms with Gasteiger partial charge in [0.05, 0.1) is 39.6 Å². The van der Waals surface area contributed by atoms with Crippen molar-refractivity contribution in [1.82, 2.24) is 0 Å². The van der Waals surface area contributed by atoms with E-state index in [9.17, 15) is 0 Å². The second-order valence-corrected chi connectivity index (χ2v) is 14.8. The highest BCUT2D eigenvalue weighted by molar-refractivity contribution is 6.74. The Balaban J connectivity index is 3.17. The van der Waals surface area contributed by atoms with Crippen molar-refractivity contribution in [3.05, 3.63) is 0 Å². The molecule has 0 amide bonds. The number of rotatable bonds is 22. The molecule has 0 bridgehead atoms. The Morgan fingerprint density at radius 3 is 1.30 bits per heavy atom. The summed E-state index contributed by atoms with van der Waals surface area (Å²) in [6, 6.07) is 0. The van der Waals surface area contributed by atoms with Gasteiger partial charge in [-0.3, -0.25) is 0 Å². The third kappa shape index (κ3) is 18.8. The molecule has 0 unspecified atom stereocenters. The summed E-state index contributed by atoms with van der Waals surface area (Å²) in [5.41, 5.74) is 0. The summed E-state index contributed by atoms with van der Waals surface area (Å²) >= 11 is 0. The van der Waals surface area contributed by atoms with Crippen molar-refractivity contribution in [3.63, 3.8) is 0 Å². The molecule has 0 radical (unpaired) electrons. The molecule has 0 atom stereocenters. The van der Waals surface area contributed by atoms with Crippen molar-refractivity contribution in [2.24, 2.45) is 0 Å². The Morgan fingerprint density at radius 1 is 0.500 bits per heavy atom. The Kier molecular flexibility index (Phi) is 19.8. The predicted octanol–water partition coefficient (Wildman–Crippen LogP) is 7.37. The highest BCUT2D eigenvalue weighted by Crippen LogP contribution is 2.36. The van der Waals surface area contributed by atoms with E-state index in [2.05, 4.69) is 40.8 Å². The Hall–Kier alpha value is 0.0569. The molecule has 0 saturated carbocycles. The van der Waals surface area contributed by atoms with Gasteiger partial charge in [-0.25, -0.2) is 0 Å². The molecule has 0 rings (SSSR count). The van der Waals surface area contributed by atoms with Gasteiger partial charge in [0.25, 0.3) is 0 Å².